The summed E-state index contributed by atoms with van der Waals surface area (Å²) in [4.78, 5) is 4.84. The third-order valence-corrected chi connectivity index (χ3v) is 5.82. The van der Waals surface area contributed by atoms with Crippen LogP contribution in [0.4, 0.5) is 10.1 Å². The first-order valence-corrected chi connectivity index (χ1v) is 9.98. The second-order valence-electron chi connectivity index (χ2n) is 7.30. The van der Waals surface area contributed by atoms with Gasteiger partial charge in [0.25, 0.3) is 0 Å². The molecule has 3 aromatic rings. The Labute approximate surface area is 170 Å². The predicted octanol–water partition coefficient (Wildman–Crippen LogP) is 4.34. The lowest BCUT2D eigenvalue weighted by molar-refractivity contribution is 0.261. The van der Waals surface area contributed by atoms with Gasteiger partial charge in [0.05, 0.1) is 12.6 Å². The zero-order valence-corrected chi connectivity index (χ0v) is 17.0. The van der Waals surface area contributed by atoms with E-state index in [1.54, 1.807) is 0 Å². The number of hydrogen-bond acceptors (Lipinski definition) is 3. The van der Waals surface area contributed by atoms with Crippen LogP contribution in [0.2, 0.25) is 5.02 Å². The van der Waals surface area contributed by atoms with Crippen LogP contribution in [0.3, 0.4) is 0 Å². The standard InChI is InChI=1S/C22H25ClFN3O/c1-25-15-16(21-20(25)7-6-19(24)22(21)28-2)8-9-26-10-12-27(13-11-26)18-5-3-4-17(23)14-18/h3-7,14-15H,8-13H2,1-2H3. The number of nitrogens with zero attached hydrogens (tertiary/aromatic N) is 3. The maximum atomic E-state index is 14.2. The van der Waals surface area contributed by atoms with Crippen LogP contribution < -0.4 is 9.64 Å². The summed E-state index contributed by atoms with van der Waals surface area (Å²) in [5.74, 6) is 0.0384. The van der Waals surface area contributed by atoms with Gasteiger partial charge in [0.1, 0.15) is 0 Å². The quantitative estimate of drug-likeness (QED) is 0.634. The molecule has 1 aliphatic rings. The summed E-state index contributed by atoms with van der Waals surface area (Å²) in [6.45, 7) is 4.91. The molecule has 0 bridgehead atoms. The van der Waals surface area contributed by atoms with E-state index in [4.69, 9.17) is 16.3 Å². The highest BCUT2D eigenvalue weighted by atomic mass is 35.5. The van der Waals surface area contributed by atoms with E-state index in [9.17, 15) is 4.39 Å². The van der Waals surface area contributed by atoms with Crippen molar-refractivity contribution in [2.45, 2.75) is 6.42 Å². The maximum absolute atomic E-state index is 14.2. The molecular weight excluding hydrogens is 377 g/mol. The smallest absolute Gasteiger partial charge is 0.165 e. The van der Waals surface area contributed by atoms with Gasteiger partial charge in [-0.05, 0) is 42.3 Å². The number of aromatic nitrogens is 1. The molecule has 0 atom stereocenters. The molecule has 2 aromatic carbocycles. The molecule has 4 nitrogen and oxygen atoms in total. The number of benzene rings is 2. The summed E-state index contributed by atoms with van der Waals surface area (Å²) in [6.07, 6.45) is 2.96. The van der Waals surface area contributed by atoms with Crippen molar-refractivity contribution >= 4 is 28.2 Å². The lowest BCUT2D eigenvalue weighted by atomic mass is 10.1. The van der Waals surface area contributed by atoms with Crippen molar-refractivity contribution < 1.29 is 9.13 Å². The molecule has 0 saturated carbocycles. The fourth-order valence-electron chi connectivity index (χ4n) is 4.09. The molecule has 1 aromatic heterocycles. The monoisotopic (exact) mass is 401 g/mol. The molecule has 1 saturated heterocycles. The van der Waals surface area contributed by atoms with Gasteiger partial charge >= 0.3 is 0 Å². The highest BCUT2D eigenvalue weighted by molar-refractivity contribution is 6.30. The highest BCUT2D eigenvalue weighted by Gasteiger charge is 2.19. The van der Waals surface area contributed by atoms with Crippen molar-refractivity contribution in [3.63, 3.8) is 0 Å². The maximum Gasteiger partial charge on any atom is 0.165 e. The number of hydrogen-bond donors (Lipinski definition) is 0. The van der Waals surface area contributed by atoms with E-state index in [0.29, 0.717) is 5.75 Å². The van der Waals surface area contributed by atoms with Crippen molar-refractivity contribution in [3.05, 3.63) is 59.0 Å². The van der Waals surface area contributed by atoms with E-state index in [0.717, 1.165) is 60.6 Å². The minimum Gasteiger partial charge on any atom is -0.493 e. The number of rotatable bonds is 5. The van der Waals surface area contributed by atoms with Crippen LogP contribution in [-0.2, 0) is 13.5 Å². The van der Waals surface area contributed by atoms with Crippen LogP contribution >= 0.6 is 11.6 Å². The molecule has 2 heterocycles. The number of anilines is 1. The van der Waals surface area contributed by atoms with Crippen LogP contribution in [0, 0.1) is 5.82 Å². The van der Waals surface area contributed by atoms with Crippen molar-refractivity contribution in [2.24, 2.45) is 7.05 Å². The van der Waals surface area contributed by atoms with Gasteiger partial charge < -0.3 is 14.2 Å². The van der Waals surface area contributed by atoms with Crippen LogP contribution in [0.25, 0.3) is 10.9 Å². The molecule has 0 N–H and O–H groups in total. The topological polar surface area (TPSA) is 20.6 Å². The molecule has 1 fully saturated rings. The summed E-state index contributed by atoms with van der Waals surface area (Å²) in [6, 6.07) is 11.3. The van der Waals surface area contributed by atoms with Crippen LogP contribution in [0.1, 0.15) is 5.56 Å². The molecule has 1 aliphatic heterocycles. The Bertz CT molecular complexity index is 979. The van der Waals surface area contributed by atoms with Crippen LogP contribution in [0.15, 0.2) is 42.6 Å². The molecule has 0 unspecified atom stereocenters. The Kier molecular flexibility index (Phi) is 5.47. The first-order valence-electron chi connectivity index (χ1n) is 9.60. The summed E-state index contributed by atoms with van der Waals surface area (Å²) < 4.78 is 21.6. The van der Waals surface area contributed by atoms with Gasteiger partial charge in [-0.25, -0.2) is 4.39 Å². The molecule has 28 heavy (non-hydrogen) atoms. The number of piperazine rings is 1. The number of fused-ring (bicyclic) bond motifs is 1. The molecule has 0 amide bonds. The SMILES string of the molecule is COc1c(F)ccc2c1c(CCN1CCN(c3cccc(Cl)c3)CC1)cn2C. The van der Waals surface area contributed by atoms with Crippen LogP contribution in [0.5, 0.6) is 5.75 Å². The first kappa shape index (κ1) is 19.1. The minimum atomic E-state index is -0.308. The summed E-state index contributed by atoms with van der Waals surface area (Å²) >= 11 is 6.12. The van der Waals surface area contributed by atoms with Crippen molar-refractivity contribution in [2.75, 3.05) is 44.7 Å². The second-order valence-corrected chi connectivity index (χ2v) is 7.73. The zero-order chi connectivity index (χ0) is 19.7. The third kappa shape index (κ3) is 3.69. The molecule has 4 rings (SSSR count). The third-order valence-electron chi connectivity index (χ3n) is 5.59. The fourth-order valence-corrected chi connectivity index (χ4v) is 4.27. The summed E-state index contributed by atoms with van der Waals surface area (Å²) in [5.41, 5.74) is 3.31. The molecule has 148 valence electrons. The Balaban J connectivity index is 1.43. The number of halogens is 2. The minimum absolute atomic E-state index is 0.308. The second kappa shape index (κ2) is 8.02. The molecular formula is C22H25ClFN3O. The molecule has 0 spiro atoms. The van der Waals surface area contributed by atoms with Gasteiger partial charge in [0, 0.05) is 62.1 Å². The van der Waals surface area contributed by atoms with Gasteiger partial charge in [-0.1, -0.05) is 17.7 Å². The lowest BCUT2D eigenvalue weighted by Crippen LogP contribution is -2.47. The lowest BCUT2D eigenvalue weighted by Gasteiger charge is -2.36. The van der Waals surface area contributed by atoms with Crippen molar-refractivity contribution in [1.29, 1.82) is 0 Å². The average Bonchev–Trinajstić information content (AvgIpc) is 3.02. The zero-order valence-electron chi connectivity index (χ0n) is 16.3. The number of aryl methyl sites for hydroxylation is 1. The van der Waals surface area contributed by atoms with Gasteiger partial charge in [0.15, 0.2) is 11.6 Å². The molecule has 6 heteroatoms. The largest absolute Gasteiger partial charge is 0.493 e. The van der Waals surface area contributed by atoms with Crippen LogP contribution in [-0.4, -0.2) is 49.3 Å². The Morgan fingerprint density at radius 2 is 1.89 bits per heavy atom. The predicted molar refractivity (Wildman–Crippen MR) is 113 cm³/mol. The average molecular weight is 402 g/mol. The Morgan fingerprint density at radius 3 is 2.61 bits per heavy atom. The van der Waals surface area contributed by atoms with E-state index < -0.39 is 0 Å². The summed E-state index contributed by atoms with van der Waals surface area (Å²) in [5, 5.41) is 1.67. The van der Waals surface area contributed by atoms with Gasteiger partial charge in [-0.3, -0.25) is 4.90 Å². The highest BCUT2D eigenvalue weighted by Crippen LogP contribution is 2.33. The fraction of sp³-hybridized carbons (Fsp3) is 0.364. The van der Waals surface area contributed by atoms with Gasteiger partial charge in [-0.2, -0.15) is 0 Å². The van der Waals surface area contributed by atoms with E-state index in [2.05, 4.69) is 22.1 Å². The van der Waals surface area contributed by atoms with E-state index in [1.807, 2.05) is 35.9 Å². The number of ether oxygens (including phenoxy) is 1. The Hall–Kier alpha value is -2.24. The van der Waals surface area contributed by atoms with Gasteiger partial charge in [0.2, 0.25) is 0 Å². The molecule has 0 aliphatic carbocycles. The number of methoxy groups -OCH3 is 1. The van der Waals surface area contributed by atoms with Crippen molar-refractivity contribution in [1.82, 2.24) is 9.47 Å². The normalized spacial score (nSPS) is 15.4. The van der Waals surface area contributed by atoms with Crippen molar-refractivity contribution in [3.8, 4) is 5.75 Å². The first-order chi connectivity index (χ1) is 13.6. The van der Waals surface area contributed by atoms with E-state index >= 15 is 0 Å². The molecule has 0 radical (unpaired) electrons. The van der Waals surface area contributed by atoms with E-state index in [-0.39, 0.29) is 5.82 Å². The Morgan fingerprint density at radius 1 is 1.11 bits per heavy atom. The summed E-state index contributed by atoms with van der Waals surface area (Å²) in [7, 11) is 3.52. The van der Waals surface area contributed by atoms with E-state index in [1.165, 1.54) is 18.9 Å². The van der Waals surface area contributed by atoms with Gasteiger partial charge in [-0.15, -0.1) is 0 Å².